The lowest BCUT2D eigenvalue weighted by Gasteiger charge is -2.18. The number of benzene rings is 1. The molecule has 9 heteroatoms. The molecule has 1 aromatic carbocycles. The van der Waals surface area contributed by atoms with Crippen LogP contribution in [-0.2, 0) is 9.59 Å². The van der Waals surface area contributed by atoms with Crippen LogP contribution in [0.2, 0.25) is 0 Å². The predicted molar refractivity (Wildman–Crippen MR) is 103 cm³/mol. The van der Waals surface area contributed by atoms with Crippen LogP contribution in [-0.4, -0.2) is 46.5 Å². The van der Waals surface area contributed by atoms with Gasteiger partial charge in [-0.25, -0.2) is 8.78 Å². The Morgan fingerprint density at radius 3 is 2.62 bits per heavy atom. The molecule has 150 valence electrons. The summed E-state index contributed by atoms with van der Waals surface area (Å²) in [5.41, 5.74) is 0.0790. The number of hydrogen-bond acceptors (Lipinski definition) is 5. The predicted octanol–water partition coefficient (Wildman–Crippen LogP) is 3.88. The van der Waals surface area contributed by atoms with Crippen LogP contribution in [0.1, 0.15) is 18.6 Å². The Morgan fingerprint density at radius 2 is 1.90 bits per heavy atom. The number of carbonyl (C=O) groups excluding carboxylic acids is 3. The molecule has 2 fully saturated rings. The Morgan fingerprint density at radius 1 is 1.14 bits per heavy atom. The van der Waals surface area contributed by atoms with Crippen molar-refractivity contribution in [2.75, 3.05) is 19.6 Å². The number of halogens is 2. The normalized spacial score (nSPS) is 18.3. The van der Waals surface area contributed by atoms with E-state index in [0.717, 1.165) is 29.9 Å². The van der Waals surface area contributed by atoms with Crippen LogP contribution >= 0.6 is 11.8 Å². The highest BCUT2D eigenvalue weighted by Gasteiger charge is 2.37. The van der Waals surface area contributed by atoms with E-state index >= 15 is 0 Å². The van der Waals surface area contributed by atoms with Crippen LogP contribution < -0.4 is 0 Å². The third-order valence-electron chi connectivity index (χ3n) is 4.72. The molecule has 6 nitrogen and oxygen atoms in total. The molecule has 3 heterocycles. The topological polar surface area (TPSA) is 70.8 Å². The minimum atomic E-state index is -0.772. The van der Waals surface area contributed by atoms with Gasteiger partial charge in [-0.15, -0.1) is 0 Å². The fourth-order valence-electron chi connectivity index (χ4n) is 3.23. The van der Waals surface area contributed by atoms with Crippen molar-refractivity contribution in [3.8, 4) is 11.3 Å². The molecule has 2 saturated heterocycles. The molecular weight excluding hydrogens is 402 g/mol. The molecule has 0 saturated carbocycles. The van der Waals surface area contributed by atoms with Crippen LogP contribution in [0.25, 0.3) is 17.4 Å². The van der Waals surface area contributed by atoms with E-state index in [1.54, 1.807) is 4.90 Å². The first-order valence-corrected chi connectivity index (χ1v) is 9.82. The third kappa shape index (κ3) is 3.95. The molecule has 2 aromatic rings. The van der Waals surface area contributed by atoms with Gasteiger partial charge in [0.25, 0.3) is 11.1 Å². The maximum absolute atomic E-state index is 13.9. The summed E-state index contributed by atoms with van der Waals surface area (Å²) in [7, 11) is 0. The summed E-state index contributed by atoms with van der Waals surface area (Å²) in [6, 6.07) is 6.12. The number of carbonyl (C=O) groups is 3. The molecule has 2 aliphatic rings. The smallest absolute Gasteiger partial charge is 0.294 e. The van der Waals surface area contributed by atoms with E-state index in [0.29, 0.717) is 24.9 Å². The van der Waals surface area contributed by atoms with Gasteiger partial charge in [-0.05, 0) is 48.9 Å². The van der Waals surface area contributed by atoms with E-state index in [1.807, 2.05) is 0 Å². The average Bonchev–Trinajstić information content (AvgIpc) is 3.41. The van der Waals surface area contributed by atoms with Crippen molar-refractivity contribution in [3.63, 3.8) is 0 Å². The first kappa shape index (κ1) is 19.4. The summed E-state index contributed by atoms with van der Waals surface area (Å²) in [6.07, 6.45) is 3.21. The summed E-state index contributed by atoms with van der Waals surface area (Å²) in [5.74, 6) is -1.89. The van der Waals surface area contributed by atoms with E-state index < -0.39 is 22.8 Å². The molecule has 0 atom stereocenters. The van der Waals surface area contributed by atoms with Gasteiger partial charge in [0.15, 0.2) is 0 Å². The molecule has 2 aliphatic heterocycles. The fourth-order valence-corrected chi connectivity index (χ4v) is 4.05. The summed E-state index contributed by atoms with van der Waals surface area (Å²) < 4.78 is 32.5. The standard InChI is InChI=1S/C20H16F2N2O4S/c21-12-3-5-14(15(22)9-12)16-6-4-13(28-16)10-17-19(26)24(20(27)29-17)11-18(25)23-7-1-2-8-23/h3-6,9-10H,1-2,7-8,11H2/b17-10-. The largest absolute Gasteiger partial charge is 0.457 e. The second-order valence-electron chi connectivity index (χ2n) is 6.68. The van der Waals surface area contributed by atoms with Crippen molar-refractivity contribution >= 4 is 34.9 Å². The second-order valence-corrected chi connectivity index (χ2v) is 7.68. The minimum absolute atomic E-state index is 0.0790. The van der Waals surface area contributed by atoms with Crippen molar-refractivity contribution < 1.29 is 27.6 Å². The Kier molecular flexibility index (Phi) is 5.23. The van der Waals surface area contributed by atoms with Gasteiger partial charge in [0.05, 0.1) is 10.5 Å². The highest BCUT2D eigenvalue weighted by Crippen LogP contribution is 2.33. The zero-order chi connectivity index (χ0) is 20.5. The van der Waals surface area contributed by atoms with Crippen molar-refractivity contribution in [1.82, 2.24) is 9.80 Å². The first-order valence-electron chi connectivity index (χ1n) is 9.01. The molecule has 3 amide bonds. The highest BCUT2D eigenvalue weighted by atomic mass is 32.2. The maximum atomic E-state index is 13.9. The van der Waals surface area contributed by atoms with Crippen LogP contribution in [0.3, 0.4) is 0 Å². The van der Waals surface area contributed by atoms with Crippen LogP contribution in [0, 0.1) is 11.6 Å². The number of likely N-dealkylation sites (tertiary alicyclic amines) is 1. The fraction of sp³-hybridized carbons (Fsp3) is 0.250. The van der Waals surface area contributed by atoms with E-state index in [2.05, 4.69) is 0 Å². The van der Waals surface area contributed by atoms with E-state index in [1.165, 1.54) is 24.3 Å². The molecule has 0 spiro atoms. The summed E-state index contributed by atoms with van der Waals surface area (Å²) in [6.45, 7) is 0.992. The quantitative estimate of drug-likeness (QED) is 0.705. The Labute approximate surface area is 169 Å². The van der Waals surface area contributed by atoms with Crippen LogP contribution in [0.5, 0.6) is 0 Å². The molecule has 0 N–H and O–H groups in total. The molecule has 0 radical (unpaired) electrons. The summed E-state index contributed by atoms with van der Waals surface area (Å²) in [5, 5.41) is -0.523. The van der Waals surface area contributed by atoms with Gasteiger partial charge in [0, 0.05) is 25.2 Å². The van der Waals surface area contributed by atoms with Gasteiger partial charge in [0.2, 0.25) is 5.91 Å². The first-order chi connectivity index (χ1) is 13.9. The molecular formula is C20H16F2N2O4S. The van der Waals surface area contributed by atoms with Crippen molar-refractivity contribution in [2.45, 2.75) is 12.8 Å². The van der Waals surface area contributed by atoms with Crippen molar-refractivity contribution in [3.05, 3.63) is 52.6 Å². The van der Waals surface area contributed by atoms with E-state index in [9.17, 15) is 23.2 Å². The summed E-state index contributed by atoms with van der Waals surface area (Å²) in [4.78, 5) is 39.6. The molecule has 0 bridgehead atoms. The number of imide groups is 1. The Balaban J connectivity index is 1.50. The number of hydrogen-bond donors (Lipinski definition) is 0. The number of nitrogens with zero attached hydrogens (tertiary/aromatic N) is 2. The minimum Gasteiger partial charge on any atom is -0.457 e. The average molecular weight is 418 g/mol. The van der Waals surface area contributed by atoms with E-state index in [4.69, 9.17) is 4.42 Å². The highest BCUT2D eigenvalue weighted by molar-refractivity contribution is 8.18. The zero-order valence-electron chi connectivity index (χ0n) is 15.2. The van der Waals surface area contributed by atoms with Gasteiger partial charge in [-0.3, -0.25) is 19.3 Å². The maximum Gasteiger partial charge on any atom is 0.294 e. The lowest BCUT2D eigenvalue weighted by Crippen LogP contribution is -2.40. The third-order valence-corrected chi connectivity index (χ3v) is 5.63. The lowest BCUT2D eigenvalue weighted by molar-refractivity contribution is -0.135. The van der Waals surface area contributed by atoms with Crippen LogP contribution in [0.4, 0.5) is 13.6 Å². The Hall–Kier alpha value is -2.94. The second kappa shape index (κ2) is 7.82. The monoisotopic (exact) mass is 418 g/mol. The van der Waals surface area contributed by atoms with Gasteiger partial charge >= 0.3 is 0 Å². The van der Waals surface area contributed by atoms with Crippen molar-refractivity contribution in [2.24, 2.45) is 0 Å². The molecule has 29 heavy (non-hydrogen) atoms. The van der Waals surface area contributed by atoms with E-state index in [-0.39, 0.29) is 34.4 Å². The molecule has 0 aliphatic carbocycles. The molecule has 1 aromatic heterocycles. The van der Waals surface area contributed by atoms with Crippen LogP contribution in [0.15, 0.2) is 39.7 Å². The van der Waals surface area contributed by atoms with Gasteiger partial charge in [-0.1, -0.05) is 0 Å². The Bertz CT molecular complexity index is 1030. The summed E-state index contributed by atoms with van der Waals surface area (Å²) >= 11 is 0.715. The van der Waals surface area contributed by atoms with Gasteiger partial charge in [-0.2, -0.15) is 0 Å². The number of furan rings is 1. The molecule has 0 unspecified atom stereocenters. The number of thioether (sulfide) groups is 1. The zero-order valence-corrected chi connectivity index (χ0v) is 16.0. The van der Waals surface area contributed by atoms with Gasteiger partial charge in [0.1, 0.15) is 29.7 Å². The van der Waals surface area contributed by atoms with Crippen molar-refractivity contribution in [1.29, 1.82) is 0 Å². The SMILES string of the molecule is O=C(CN1C(=O)S/C(=C\c2ccc(-c3ccc(F)cc3F)o2)C1=O)N1CCCC1. The molecule has 4 rings (SSSR count). The number of rotatable bonds is 4. The number of amides is 3. The van der Waals surface area contributed by atoms with Gasteiger partial charge < -0.3 is 9.32 Å². The lowest BCUT2D eigenvalue weighted by atomic mass is 10.1.